The van der Waals surface area contributed by atoms with Crippen LogP contribution in [0.4, 0.5) is 11.6 Å². The van der Waals surface area contributed by atoms with E-state index in [0.717, 1.165) is 0 Å². The highest BCUT2D eigenvalue weighted by atomic mass is 35.5. The van der Waals surface area contributed by atoms with Crippen molar-refractivity contribution in [1.82, 2.24) is 5.16 Å². The summed E-state index contributed by atoms with van der Waals surface area (Å²) < 4.78 is 32.3. The van der Waals surface area contributed by atoms with E-state index in [2.05, 4.69) is 15.2 Å². The Morgan fingerprint density at radius 2 is 1.80 bits per heavy atom. The number of rotatable bonds is 6. The molecule has 1 aromatic heterocycles. The highest BCUT2D eigenvalue weighted by molar-refractivity contribution is 7.92. The van der Waals surface area contributed by atoms with Crippen LogP contribution in [0.25, 0.3) is 6.08 Å². The van der Waals surface area contributed by atoms with Gasteiger partial charge in [-0.1, -0.05) is 34.4 Å². The van der Waals surface area contributed by atoms with Crippen LogP contribution in [0.2, 0.25) is 10.0 Å². The number of amides is 1. The number of hydrogen-bond acceptors (Lipinski definition) is 5. The van der Waals surface area contributed by atoms with Gasteiger partial charge in [-0.05, 0) is 61.9 Å². The highest BCUT2D eigenvalue weighted by Gasteiger charge is 2.19. The van der Waals surface area contributed by atoms with E-state index in [-0.39, 0.29) is 10.8 Å². The molecule has 1 amide bonds. The van der Waals surface area contributed by atoms with Crippen molar-refractivity contribution < 1.29 is 17.7 Å². The SMILES string of the molecule is Cc1noc(NS(=O)(=O)c2ccc(NC(=O)/C=C/c3ccc(Cl)cc3Cl)cc2)c1C. The predicted octanol–water partition coefficient (Wildman–Crippen LogP) is 5.05. The summed E-state index contributed by atoms with van der Waals surface area (Å²) >= 11 is 11.9. The minimum atomic E-state index is -3.86. The molecule has 0 saturated carbocycles. The van der Waals surface area contributed by atoms with Crippen LogP contribution in [0.1, 0.15) is 16.8 Å². The van der Waals surface area contributed by atoms with Gasteiger partial charge in [0.15, 0.2) is 0 Å². The number of nitrogens with one attached hydrogen (secondary N) is 2. The van der Waals surface area contributed by atoms with E-state index >= 15 is 0 Å². The summed E-state index contributed by atoms with van der Waals surface area (Å²) in [5, 5.41) is 7.29. The Hall–Kier alpha value is -2.81. The second kappa shape index (κ2) is 8.91. The zero-order chi connectivity index (χ0) is 21.9. The number of halogens is 2. The molecule has 156 valence electrons. The molecule has 2 N–H and O–H groups in total. The Balaban J connectivity index is 1.67. The van der Waals surface area contributed by atoms with E-state index in [0.29, 0.717) is 32.6 Å². The number of hydrogen-bond donors (Lipinski definition) is 2. The molecular formula is C20H17Cl2N3O4S. The van der Waals surface area contributed by atoms with E-state index < -0.39 is 15.9 Å². The molecule has 0 unspecified atom stereocenters. The molecule has 3 rings (SSSR count). The average Bonchev–Trinajstić information content (AvgIpc) is 2.99. The van der Waals surface area contributed by atoms with Crippen molar-refractivity contribution in [2.45, 2.75) is 18.7 Å². The first-order valence-corrected chi connectivity index (χ1v) is 10.9. The molecule has 1 heterocycles. The van der Waals surface area contributed by atoms with Crippen molar-refractivity contribution in [2.24, 2.45) is 0 Å². The number of aryl methyl sites for hydroxylation is 1. The van der Waals surface area contributed by atoms with E-state index in [4.69, 9.17) is 27.7 Å². The van der Waals surface area contributed by atoms with Crippen molar-refractivity contribution in [3.63, 3.8) is 0 Å². The third-order valence-electron chi connectivity index (χ3n) is 4.19. The van der Waals surface area contributed by atoms with Crippen LogP contribution in [0.3, 0.4) is 0 Å². The first kappa shape index (κ1) is 21.9. The first-order chi connectivity index (χ1) is 14.2. The largest absolute Gasteiger partial charge is 0.337 e. The summed E-state index contributed by atoms with van der Waals surface area (Å²) in [5.74, 6) is -0.335. The molecule has 0 atom stereocenters. The van der Waals surface area contributed by atoms with Gasteiger partial charge in [-0.25, -0.2) is 13.1 Å². The van der Waals surface area contributed by atoms with E-state index in [1.165, 1.54) is 30.3 Å². The van der Waals surface area contributed by atoms with Crippen molar-refractivity contribution in [1.29, 1.82) is 0 Å². The summed E-state index contributed by atoms with van der Waals surface area (Å²) in [7, 11) is -3.86. The summed E-state index contributed by atoms with van der Waals surface area (Å²) in [5.41, 5.74) is 2.27. The van der Waals surface area contributed by atoms with Gasteiger partial charge in [0.2, 0.25) is 11.8 Å². The monoisotopic (exact) mass is 465 g/mol. The van der Waals surface area contributed by atoms with Crippen LogP contribution in [0.15, 0.2) is 58.0 Å². The molecule has 3 aromatic rings. The lowest BCUT2D eigenvalue weighted by Crippen LogP contribution is -2.13. The molecular weight excluding hydrogens is 449 g/mol. The predicted molar refractivity (Wildman–Crippen MR) is 117 cm³/mol. The van der Waals surface area contributed by atoms with Crippen molar-refractivity contribution in [3.05, 3.63) is 75.4 Å². The third-order valence-corrected chi connectivity index (χ3v) is 6.10. The molecule has 7 nitrogen and oxygen atoms in total. The van der Waals surface area contributed by atoms with Gasteiger partial charge >= 0.3 is 0 Å². The quantitative estimate of drug-likeness (QED) is 0.495. The maximum atomic E-state index is 12.5. The average molecular weight is 466 g/mol. The Kier molecular flexibility index (Phi) is 6.50. The second-order valence-corrected chi connectivity index (χ2v) is 8.87. The molecule has 0 aliphatic carbocycles. The Labute approximate surface area is 183 Å². The molecule has 0 aliphatic rings. The van der Waals surface area contributed by atoms with E-state index in [9.17, 15) is 13.2 Å². The number of aromatic nitrogens is 1. The van der Waals surface area contributed by atoms with Crippen LogP contribution in [0, 0.1) is 13.8 Å². The molecule has 30 heavy (non-hydrogen) atoms. The number of carbonyl (C=O) groups excluding carboxylic acids is 1. The van der Waals surface area contributed by atoms with Gasteiger partial charge in [0.1, 0.15) is 0 Å². The number of sulfonamides is 1. The van der Waals surface area contributed by atoms with Crippen LogP contribution >= 0.6 is 23.2 Å². The molecule has 0 spiro atoms. The van der Waals surface area contributed by atoms with Crippen LogP contribution in [0.5, 0.6) is 0 Å². The van der Waals surface area contributed by atoms with Crippen molar-refractivity contribution in [3.8, 4) is 0 Å². The lowest BCUT2D eigenvalue weighted by molar-refractivity contribution is -0.111. The van der Waals surface area contributed by atoms with Gasteiger partial charge in [-0.2, -0.15) is 0 Å². The number of benzene rings is 2. The molecule has 2 aromatic carbocycles. The molecule has 10 heteroatoms. The smallest absolute Gasteiger partial charge is 0.264 e. The van der Waals surface area contributed by atoms with E-state index in [1.807, 2.05) is 0 Å². The van der Waals surface area contributed by atoms with Crippen LogP contribution in [-0.2, 0) is 14.8 Å². The molecule has 0 bridgehead atoms. The Bertz CT molecular complexity index is 1220. The van der Waals surface area contributed by atoms with Gasteiger partial charge in [-0.15, -0.1) is 0 Å². The minimum absolute atomic E-state index is 0.0115. The molecule has 0 saturated heterocycles. The van der Waals surface area contributed by atoms with Gasteiger partial charge in [-0.3, -0.25) is 4.79 Å². The summed E-state index contributed by atoms with van der Waals surface area (Å²) in [4.78, 5) is 12.1. The van der Waals surface area contributed by atoms with Crippen molar-refractivity contribution >= 4 is 56.8 Å². The fourth-order valence-corrected chi connectivity index (χ4v) is 3.91. The summed E-state index contributed by atoms with van der Waals surface area (Å²) in [6.45, 7) is 3.41. The van der Waals surface area contributed by atoms with Gasteiger partial charge < -0.3 is 9.84 Å². The topological polar surface area (TPSA) is 101 Å². The maximum Gasteiger partial charge on any atom is 0.264 e. The normalized spacial score (nSPS) is 11.6. The van der Waals surface area contributed by atoms with Gasteiger partial charge in [0.25, 0.3) is 10.0 Å². The number of anilines is 2. The first-order valence-electron chi connectivity index (χ1n) is 8.65. The number of nitrogens with zero attached hydrogens (tertiary/aromatic N) is 1. The standard InChI is InChI=1S/C20H17Cl2N3O4S/c1-12-13(2)24-29-20(12)25-30(27,28)17-8-6-16(7-9-17)23-19(26)10-4-14-3-5-15(21)11-18(14)22/h3-11,25H,1-2H3,(H,23,26)/b10-4+. The van der Waals surface area contributed by atoms with Crippen LogP contribution in [-0.4, -0.2) is 19.5 Å². The van der Waals surface area contributed by atoms with E-state index in [1.54, 1.807) is 38.1 Å². The highest BCUT2D eigenvalue weighted by Crippen LogP contribution is 2.23. The van der Waals surface area contributed by atoms with Gasteiger partial charge in [0.05, 0.1) is 10.6 Å². The Morgan fingerprint density at radius 1 is 1.10 bits per heavy atom. The minimum Gasteiger partial charge on any atom is -0.337 e. The second-order valence-electron chi connectivity index (χ2n) is 6.34. The third kappa shape index (κ3) is 5.21. The molecule has 0 radical (unpaired) electrons. The lowest BCUT2D eigenvalue weighted by atomic mass is 10.2. The fourth-order valence-electron chi connectivity index (χ4n) is 2.39. The zero-order valence-corrected chi connectivity index (χ0v) is 18.3. The molecule has 0 fully saturated rings. The van der Waals surface area contributed by atoms with Crippen molar-refractivity contribution in [2.75, 3.05) is 10.0 Å². The summed E-state index contributed by atoms with van der Waals surface area (Å²) in [6.07, 6.45) is 2.87. The fraction of sp³-hybridized carbons (Fsp3) is 0.100. The zero-order valence-electron chi connectivity index (χ0n) is 15.9. The summed E-state index contributed by atoms with van der Waals surface area (Å²) in [6, 6.07) is 10.6. The maximum absolute atomic E-state index is 12.5. The van der Waals surface area contributed by atoms with Gasteiger partial charge in [0, 0.05) is 27.4 Å². The number of carbonyl (C=O) groups is 1. The lowest BCUT2D eigenvalue weighted by Gasteiger charge is -2.07. The van der Waals surface area contributed by atoms with Crippen LogP contribution < -0.4 is 10.0 Å². The molecule has 0 aliphatic heterocycles. The Morgan fingerprint density at radius 3 is 2.40 bits per heavy atom.